The van der Waals surface area contributed by atoms with Gasteiger partial charge in [-0.1, -0.05) is 43.3 Å². The first kappa shape index (κ1) is 21.7. The van der Waals surface area contributed by atoms with Crippen LogP contribution in [0.2, 0.25) is 0 Å². The summed E-state index contributed by atoms with van der Waals surface area (Å²) in [7, 11) is 0. The Labute approximate surface area is 179 Å². The zero-order chi connectivity index (χ0) is 22.1. The molecule has 3 aromatic carbocycles. The van der Waals surface area contributed by atoms with Gasteiger partial charge in [0.15, 0.2) is 0 Å². The lowest BCUT2D eigenvalue weighted by Gasteiger charge is -2.08. The molecule has 0 unspecified atom stereocenters. The molecule has 0 saturated heterocycles. The van der Waals surface area contributed by atoms with E-state index in [1.807, 2.05) is 19.1 Å². The van der Waals surface area contributed by atoms with Gasteiger partial charge in [-0.3, -0.25) is 9.59 Å². The molecule has 0 bridgehead atoms. The number of para-hydroxylation sites is 1. The normalized spacial score (nSPS) is 10.6. The molecule has 3 rings (SSSR count). The molecular formula is C24H22FN3O3. The largest absolute Gasteiger partial charge is 0.489 e. The molecule has 31 heavy (non-hydrogen) atoms. The molecule has 0 fully saturated rings. The highest BCUT2D eigenvalue weighted by Gasteiger charge is 2.14. The molecule has 0 spiro atoms. The van der Waals surface area contributed by atoms with Crippen LogP contribution in [0.25, 0.3) is 0 Å². The van der Waals surface area contributed by atoms with E-state index in [1.165, 1.54) is 12.3 Å². The summed E-state index contributed by atoms with van der Waals surface area (Å²) in [6, 6.07) is 20.6. The number of nitrogens with zero attached hydrogens (tertiary/aromatic N) is 1. The van der Waals surface area contributed by atoms with Gasteiger partial charge in [0.2, 0.25) is 0 Å². The molecule has 0 aromatic heterocycles. The smallest absolute Gasteiger partial charge is 0.329 e. The van der Waals surface area contributed by atoms with Crippen LogP contribution in [0.5, 0.6) is 5.75 Å². The van der Waals surface area contributed by atoms with E-state index < -0.39 is 11.8 Å². The first-order valence-corrected chi connectivity index (χ1v) is 9.75. The van der Waals surface area contributed by atoms with E-state index in [2.05, 4.69) is 15.8 Å². The Morgan fingerprint density at radius 2 is 1.61 bits per heavy atom. The molecule has 7 heteroatoms. The highest BCUT2D eigenvalue weighted by Crippen LogP contribution is 2.16. The van der Waals surface area contributed by atoms with Gasteiger partial charge in [-0.2, -0.15) is 5.10 Å². The summed E-state index contributed by atoms with van der Waals surface area (Å²) < 4.78 is 19.2. The minimum atomic E-state index is -0.869. The van der Waals surface area contributed by atoms with Crippen molar-refractivity contribution in [1.29, 1.82) is 0 Å². The summed E-state index contributed by atoms with van der Waals surface area (Å²) in [6.07, 6.45) is 2.14. The van der Waals surface area contributed by atoms with E-state index >= 15 is 0 Å². The van der Waals surface area contributed by atoms with E-state index in [-0.39, 0.29) is 12.4 Å². The Bertz CT molecular complexity index is 1080. The van der Waals surface area contributed by atoms with Crippen LogP contribution in [0.1, 0.15) is 23.6 Å². The van der Waals surface area contributed by atoms with E-state index in [4.69, 9.17) is 4.74 Å². The van der Waals surface area contributed by atoms with E-state index in [0.717, 1.165) is 12.0 Å². The van der Waals surface area contributed by atoms with Gasteiger partial charge in [0.05, 0.1) is 6.21 Å². The topological polar surface area (TPSA) is 79.8 Å². The number of benzene rings is 3. The minimum Gasteiger partial charge on any atom is -0.489 e. The first-order valence-electron chi connectivity index (χ1n) is 9.75. The molecule has 0 atom stereocenters. The summed E-state index contributed by atoms with van der Waals surface area (Å²) >= 11 is 0. The molecule has 0 radical (unpaired) electrons. The standard InChI is InChI=1S/C24H22FN3O3/c1-2-18-7-4-6-10-22(18)27-23(29)24(30)28-26-15-17-11-13-20(14-12-17)31-16-19-8-3-5-9-21(19)25/h3-15H,2,16H2,1H3,(H,27,29)(H,28,30)/b26-15-. The maximum Gasteiger partial charge on any atom is 0.329 e. The SMILES string of the molecule is CCc1ccccc1NC(=O)C(=O)N/N=C\c1ccc(OCc2ccccc2F)cc1. The maximum absolute atomic E-state index is 13.6. The molecule has 0 aliphatic carbocycles. The highest BCUT2D eigenvalue weighted by atomic mass is 19.1. The zero-order valence-corrected chi connectivity index (χ0v) is 17.0. The summed E-state index contributed by atoms with van der Waals surface area (Å²) in [5, 5.41) is 6.39. The lowest BCUT2D eigenvalue weighted by Crippen LogP contribution is -2.32. The quantitative estimate of drug-likeness (QED) is 0.344. The lowest BCUT2D eigenvalue weighted by molar-refractivity contribution is -0.136. The van der Waals surface area contributed by atoms with Crippen molar-refractivity contribution in [1.82, 2.24) is 5.43 Å². The summed E-state index contributed by atoms with van der Waals surface area (Å²) in [5.74, 6) is -1.41. The third-order valence-corrected chi connectivity index (χ3v) is 4.46. The van der Waals surface area contributed by atoms with Crippen molar-refractivity contribution in [3.8, 4) is 5.75 Å². The molecule has 158 valence electrons. The van der Waals surface area contributed by atoms with E-state index in [1.54, 1.807) is 54.6 Å². The Morgan fingerprint density at radius 1 is 0.935 bits per heavy atom. The second-order valence-electron chi connectivity index (χ2n) is 6.61. The van der Waals surface area contributed by atoms with Crippen LogP contribution in [0.4, 0.5) is 10.1 Å². The number of hydrazone groups is 1. The Morgan fingerprint density at radius 3 is 2.32 bits per heavy atom. The zero-order valence-electron chi connectivity index (χ0n) is 17.0. The van der Waals surface area contributed by atoms with Gasteiger partial charge >= 0.3 is 11.8 Å². The molecule has 6 nitrogen and oxygen atoms in total. The maximum atomic E-state index is 13.6. The monoisotopic (exact) mass is 419 g/mol. The van der Waals surface area contributed by atoms with Gasteiger partial charge < -0.3 is 10.1 Å². The van der Waals surface area contributed by atoms with Gasteiger partial charge in [-0.25, -0.2) is 9.82 Å². The molecule has 0 aliphatic rings. The Balaban J connectivity index is 1.49. The number of carbonyl (C=O) groups is 2. The number of ether oxygens (including phenoxy) is 1. The molecule has 0 saturated carbocycles. The van der Waals surface area contributed by atoms with Crippen LogP contribution in [0.15, 0.2) is 77.9 Å². The van der Waals surface area contributed by atoms with E-state index in [9.17, 15) is 14.0 Å². The third kappa shape index (κ3) is 6.24. The number of hydrogen-bond acceptors (Lipinski definition) is 4. The summed E-state index contributed by atoms with van der Waals surface area (Å²) in [4.78, 5) is 24.0. The van der Waals surface area contributed by atoms with Crippen molar-refractivity contribution in [3.05, 3.63) is 95.3 Å². The Hall–Kier alpha value is -4.00. The fourth-order valence-corrected chi connectivity index (χ4v) is 2.77. The van der Waals surface area contributed by atoms with E-state index in [0.29, 0.717) is 22.6 Å². The number of amides is 2. The van der Waals surface area contributed by atoms with Gasteiger partial charge in [0.25, 0.3) is 0 Å². The highest BCUT2D eigenvalue weighted by molar-refractivity contribution is 6.39. The molecule has 0 heterocycles. The fraction of sp³-hybridized carbons (Fsp3) is 0.125. The fourth-order valence-electron chi connectivity index (χ4n) is 2.77. The number of aryl methyl sites for hydroxylation is 1. The number of rotatable bonds is 7. The second-order valence-corrected chi connectivity index (χ2v) is 6.61. The summed E-state index contributed by atoms with van der Waals surface area (Å²) in [5.41, 5.74) is 4.89. The third-order valence-electron chi connectivity index (χ3n) is 4.46. The van der Waals surface area contributed by atoms with Gasteiger partial charge in [0, 0.05) is 11.3 Å². The van der Waals surface area contributed by atoms with Crippen LogP contribution in [-0.2, 0) is 22.6 Å². The van der Waals surface area contributed by atoms with Crippen molar-refractivity contribution < 1.29 is 18.7 Å². The van der Waals surface area contributed by atoms with Crippen molar-refractivity contribution in [2.75, 3.05) is 5.32 Å². The first-order chi connectivity index (χ1) is 15.1. The average molecular weight is 419 g/mol. The number of nitrogens with one attached hydrogen (secondary N) is 2. The van der Waals surface area contributed by atoms with Crippen LogP contribution in [0, 0.1) is 5.82 Å². The molecular weight excluding hydrogens is 397 g/mol. The predicted molar refractivity (Wildman–Crippen MR) is 117 cm³/mol. The average Bonchev–Trinajstić information content (AvgIpc) is 2.79. The number of halogens is 1. The van der Waals surface area contributed by atoms with Gasteiger partial charge in [-0.05, 0) is 53.9 Å². The molecule has 2 N–H and O–H groups in total. The number of hydrogen-bond donors (Lipinski definition) is 2. The van der Waals surface area contributed by atoms with Crippen molar-refractivity contribution in [3.63, 3.8) is 0 Å². The van der Waals surface area contributed by atoms with Crippen molar-refractivity contribution in [2.24, 2.45) is 5.10 Å². The molecule has 3 aromatic rings. The van der Waals surface area contributed by atoms with Gasteiger partial charge in [-0.15, -0.1) is 0 Å². The number of carbonyl (C=O) groups excluding carboxylic acids is 2. The lowest BCUT2D eigenvalue weighted by atomic mass is 10.1. The molecule has 2 amide bonds. The molecule has 0 aliphatic heterocycles. The van der Waals surface area contributed by atoms with Gasteiger partial charge in [0.1, 0.15) is 18.2 Å². The minimum absolute atomic E-state index is 0.117. The Kier molecular flexibility index (Phi) is 7.48. The van der Waals surface area contributed by atoms with Crippen LogP contribution >= 0.6 is 0 Å². The van der Waals surface area contributed by atoms with Crippen LogP contribution in [-0.4, -0.2) is 18.0 Å². The van der Waals surface area contributed by atoms with Crippen LogP contribution in [0.3, 0.4) is 0 Å². The van der Waals surface area contributed by atoms with Crippen molar-refractivity contribution in [2.45, 2.75) is 20.0 Å². The van der Waals surface area contributed by atoms with Crippen molar-refractivity contribution >= 4 is 23.7 Å². The predicted octanol–water partition coefficient (Wildman–Crippen LogP) is 4.06. The number of anilines is 1. The summed E-state index contributed by atoms with van der Waals surface area (Å²) in [6.45, 7) is 2.08. The van der Waals surface area contributed by atoms with Crippen LogP contribution < -0.4 is 15.5 Å². The second kappa shape index (κ2) is 10.7.